The fourth-order valence-corrected chi connectivity index (χ4v) is 4.13. The summed E-state index contributed by atoms with van der Waals surface area (Å²) in [6.07, 6.45) is -3.71. The lowest BCUT2D eigenvalue weighted by atomic mass is 10.3. The first kappa shape index (κ1) is 19.4. The Morgan fingerprint density at radius 2 is 2.03 bits per heavy atom. The van der Waals surface area contributed by atoms with E-state index in [4.69, 9.17) is 5.73 Å². The second-order valence-electron chi connectivity index (χ2n) is 5.88. The van der Waals surface area contributed by atoms with Gasteiger partial charge in [0.25, 0.3) is 5.91 Å². The number of carbonyl (C=O) groups is 1. The average molecular weight is 440 g/mol. The van der Waals surface area contributed by atoms with Crippen LogP contribution in [-0.4, -0.2) is 34.2 Å². The zero-order valence-electron chi connectivity index (χ0n) is 15.0. The molecule has 1 aliphatic rings. The van der Waals surface area contributed by atoms with Crippen molar-refractivity contribution in [3.05, 3.63) is 33.9 Å². The van der Waals surface area contributed by atoms with Crippen molar-refractivity contribution < 1.29 is 23.0 Å². The number of amides is 1. The maximum atomic E-state index is 13.1. The minimum Gasteiger partial charge on any atom is -0.401 e. The highest BCUT2D eigenvalue weighted by molar-refractivity contribution is 8.06. The molecule has 4 rings (SSSR count). The number of thiazole rings is 1. The zero-order chi connectivity index (χ0) is 20.8. The number of nitrogens with two attached hydrogens (primary N) is 1. The Balaban J connectivity index is 1.54. The number of carbonyl (C=O) groups excluding carboxylic acids is 1. The molecule has 0 unspecified atom stereocenters. The quantitative estimate of drug-likeness (QED) is 0.446. The van der Waals surface area contributed by atoms with Gasteiger partial charge in [-0.15, -0.1) is 20.1 Å². The van der Waals surface area contributed by atoms with Gasteiger partial charge in [-0.05, 0) is 25.9 Å². The number of aromatic amines is 1. The van der Waals surface area contributed by atoms with E-state index >= 15 is 0 Å². The molecule has 0 bridgehead atoms. The Hall–Kier alpha value is -2.90. The lowest BCUT2D eigenvalue weighted by molar-refractivity contribution is -0.286. The second kappa shape index (κ2) is 7.17. The number of benzene rings is 1. The summed E-state index contributed by atoms with van der Waals surface area (Å²) < 4.78 is 38.0. The summed E-state index contributed by atoms with van der Waals surface area (Å²) >= 11 is 2.58. The normalized spacial score (nSPS) is 15.4. The summed E-state index contributed by atoms with van der Waals surface area (Å²) in [5.41, 5.74) is 7.36. The van der Waals surface area contributed by atoms with Crippen LogP contribution in [0.3, 0.4) is 0 Å². The highest BCUT2D eigenvalue weighted by Crippen LogP contribution is 2.43. The number of nitrogens with one attached hydrogen (secondary N) is 3. The van der Waals surface area contributed by atoms with Crippen molar-refractivity contribution in [1.82, 2.24) is 19.7 Å². The van der Waals surface area contributed by atoms with E-state index in [1.165, 1.54) is 35.4 Å². The van der Waals surface area contributed by atoms with Crippen LogP contribution < -0.4 is 25.2 Å². The number of anilines is 1. The molecule has 3 heterocycles. The number of rotatable bonds is 5. The summed E-state index contributed by atoms with van der Waals surface area (Å²) in [5, 5.41) is 4.80. The maximum Gasteiger partial charge on any atom is 0.586 e. The fraction of sp³-hybridized carbons (Fsp3) is 0.188. The van der Waals surface area contributed by atoms with E-state index < -0.39 is 12.2 Å². The van der Waals surface area contributed by atoms with Gasteiger partial charge in [-0.1, -0.05) is 0 Å². The Bertz CT molecular complexity index is 1090. The van der Waals surface area contributed by atoms with Crippen LogP contribution in [0.15, 0.2) is 23.2 Å². The molecular formula is C16H14F2N6O3S2. The summed E-state index contributed by atoms with van der Waals surface area (Å²) in [6.45, 7) is 1.75. The van der Waals surface area contributed by atoms with Gasteiger partial charge in [0, 0.05) is 23.2 Å². The predicted molar refractivity (Wildman–Crippen MR) is 106 cm³/mol. The minimum absolute atomic E-state index is 0.119. The Kier molecular flexibility index (Phi) is 4.80. The molecule has 0 aliphatic carbocycles. The van der Waals surface area contributed by atoms with Gasteiger partial charge in [0.15, 0.2) is 11.5 Å². The zero-order valence-corrected chi connectivity index (χ0v) is 16.6. The summed E-state index contributed by atoms with van der Waals surface area (Å²) in [6, 6.07) is 2.62. The molecule has 1 amide bonds. The van der Waals surface area contributed by atoms with E-state index in [-0.39, 0.29) is 23.1 Å². The van der Waals surface area contributed by atoms with Crippen molar-refractivity contribution in [2.45, 2.75) is 13.2 Å². The number of halogens is 2. The van der Waals surface area contributed by atoms with E-state index in [0.717, 1.165) is 4.91 Å². The topological polar surface area (TPSA) is 127 Å². The molecule has 9 nitrogen and oxygen atoms in total. The first-order chi connectivity index (χ1) is 13.8. The average Bonchev–Trinajstić information content (AvgIpc) is 3.31. The molecular weight excluding hydrogens is 426 g/mol. The van der Waals surface area contributed by atoms with Crippen LogP contribution >= 0.6 is 23.3 Å². The van der Waals surface area contributed by atoms with Crippen LogP contribution in [0.25, 0.3) is 15.9 Å². The summed E-state index contributed by atoms with van der Waals surface area (Å²) in [7, 11) is 1.75. The lowest BCUT2D eigenvalue weighted by Gasteiger charge is -2.04. The Morgan fingerprint density at radius 3 is 2.72 bits per heavy atom. The number of alkyl halides is 2. The molecule has 13 heteroatoms. The maximum absolute atomic E-state index is 13.1. The van der Waals surface area contributed by atoms with Gasteiger partial charge in [0.1, 0.15) is 10.7 Å². The number of fused-ring (bicyclic) bond motifs is 2. The largest absolute Gasteiger partial charge is 0.586 e. The van der Waals surface area contributed by atoms with Gasteiger partial charge in [-0.25, -0.2) is 9.97 Å². The van der Waals surface area contributed by atoms with E-state index in [0.29, 0.717) is 21.7 Å². The molecule has 2 aromatic heterocycles. The molecule has 3 aromatic rings. The van der Waals surface area contributed by atoms with Crippen LogP contribution in [0, 0.1) is 0 Å². The van der Waals surface area contributed by atoms with E-state index in [2.05, 4.69) is 34.5 Å². The van der Waals surface area contributed by atoms with Gasteiger partial charge in [-0.3, -0.25) is 14.8 Å². The first-order valence-corrected chi connectivity index (χ1v) is 9.82. The molecule has 0 spiro atoms. The summed E-state index contributed by atoms with van der Waals surface area (Å²) in [5.74, 6) is -0.604. The fourth-order valence-electron chi connectivity index (χ4n) is 2.56. The third-order valence-corrected chi connectivity index (χ3v) is 5.64. The van der Waals surface area contributed by atoms with E-state index in [1.807, 2.05) is 0 Å². The highest BCUT2D eigenvalue weighted by Gasteiger charge is 2.43. The van der Waals surface area contributed by atoms with Gasteiger partial charge in [0.05, 0.1) is 15.9 Å². The molecule has 5 N–H and O–H groups in total. The first-order valence-electron chi connectivity index (χ1n) is 8.12. The number of aromatic nitrogens is 3. The number of hydrogen-bond acceptors (Lipinski definition) is 9. The minimum atomic E-state index is -3.71. The number of nitrogens with zero attached hydrogens (tertiary/aromatic N) is 2. The van der Waals surface area contributed by atoms with Crippen LogP contribution in [0.5, 0.6) is 11.5 Å². The van der Waals surface area contributed by atoms with Crippen LogP contribution in [-0.2, 0) is 0 Å². The van der Waals surface area contributed by atoms with Gasteiger partial charge in [0.2, 0.25) is 5.95 Å². The Morgan fingerprint density at radius 1 is 1.31 bits per heavy atom. The van der Waals surface area contributed by atoms with Crippen molar-refractivity contribution in [3.63, 3.8) is 0 Å². The molecule has 0 atom stereocenters. The highest BCUT2D eigenvalue weighted by atomic mass is 32.2. The second-order valence-corrected chi connectivity index (χ2v) is 7.76. The molecule has 0 saturated heterocycles. The summed E-state index contributed by atoms with van der Waals surface area (Å²) in [4.78, 5) is 24.5. The van der Waals surface area contributed by atoms with Crippen molar-refractivity contribution in [1.29, 1.82) is 0 Å². The van der Waals surface area contributed by atoms with Gasteiger partial charge < -0.3 is 20.2 Å². The van der Waals surface area contributed by atoms with Crippen molar-refractivity contribution in [2.75, 3.05) is 12.4 Å². The van der Waals surface area contributed by atoms with E-state index in [9.17, 15) is 13.6 Å². The van der Waals surface area contributed by atoms with Crippen LogP contribution in [0.4, 0.5) is 14.7 Å². The third-order valence-electron chi connectivity index (χ3n) is 3.73. The molecule has 152 valence electrons. The monoisotopic (exact) mass is 440 g/mol. The van der Waals surface area contributed by atoms with Gasteiger partial charge in [-0.2, -0.15) is 0 Å². The predicted octanol–water partition coefficient (Wildman–Crippen LogP) is 3.11. The number of allylic oxidation sites excluding steroid dienone is 1. The molecule has 1 aliphatic heterocycles. The van der Waals surface area contributed by atoms with Crippen LogP contribution in [0.1, 0.15) is 22.4 Å². The van der Waals surface area contributed by atoms with E-state index in [1.54, 1.807) is 19.4 Å². The van der Waals surface area contributed by atoms with Crippen molar-refractivity contribution >= 4 is 51.1 Å². The van der Waals surface area contributed by atoms with Crippen molar-refractivity contribution in [3.8, 4) is 11.5 Å². The SMILES string of the molecule is CNS/C(=C(/C)N)c1nc(C(=O)Nc2nc3cc4c(cc3[nH]2)OC(F)(F)O4)cs1. The Labute approximate surface area is 170 Å². The molecule has 0 saturated carbocycles. The molecule has 1 aromatic carbocycles. The number of hydrogen-bond donors (Lipinski definition) is 4. The smallest absolute Gasteiger partial charge is 0.401 e. The lowest BCUT2D eigenvalue weighted by Crippen LogP contribution is -2.25. The van der Waals surface area contributed by atoms with Gasteiger partial charge >= 0.3 is 6.29 Å². The number of H-pyrrole nitrogens is 1. The number of ether oxygens (including phenoxy) is 2. The third kappa shape index (κ3) is 3.83. The van der Waals surface area contributed by atoms with Crippen LogP contribution in [0.2, 0.25) is 0 Å². The number of imidazole rings is 1. The molecule has 29 heavy (non-hydrogen) atoms. The standard InChI is InChI=1S/C16H14F2N6O3S2/c1-6(19)12(29-20-2)14-21-9(5-28-14)13(25)24-15-22-7-3-10-11(4-8(7)23-15)27-16(17,18)26-10/h3-5,20H,19H2,1-2H3,(H2,22,23,24,25)/b12-6-. The molecule has 0 radical (unpaired) electrons. The van der Waals surface area contributed by atoms with Crippen molar-refractivity contribution in [2.24, 2.45) is 5.73 Å². The molecule has 0 fully saturated rings.